The first-order valence-corrected chi connectivity index (χ1v) is 9.51. The highest BCUT2D eigenvalue weighted by Crippen LogP contribution is 2.19. The summed E-state index contributed by atoms with van der Waals surface area (Å²) >= 11 is 0. The Kier molecular flexibility index (Phi) is 5.13. The zero-order valence-corrected chi connectivity index (χ0v) is 15.8. The van der Waals surface area contributed by atoms with Gasteiger partial charge < -0.3 is 4.90 Å². The average molecular weight is 345 g/mol. The summed E-state index contributed by atoms with van der Waals surface area (Å²) in [6.07, 6.45) is 4.03. The Bertz CT molecular complexity index is 751. The van der Waals surface area contributed by atoms with E-state index in [2.05, 4.69) is 16.7 Å². The lowest BCUT2D eigenvalue weighted by Crippen LogP contribution is -3.13. The molecule has 2 heterocycles. The molecule has 1 saturated heterocycles. The summed E-state index contributed by atoms with van der Waals surface area (Å²) in [5.41, 5.74) is 8.30. The van der Waals surface area contributed by atoms with Crippen molar-refractivity contribution in [3.8, 4) is 0 Å². The number of ketones is 1. The third-order valence-electron chi connectivity index (χ3n) is 5.40. The summed E-state index contributed by atoms with van der Waals surface area (Å²) in [5.74, 6) is 0.893. The zero-order chi connectivity index (χ0) is 18.0. The number of rotatable bonds is 5. The first-order chi connectivity index (χ1) is 11.9. The van der Waals surface area contributed by atoms with Gasteiger partial charge in [0.05, 0.1) is 13.1 Å². The number of hydrogen-bond acceptors (Lipinski definition) is 2. The van der Waals surface area contributed by atoms with Crippen LogP contribution in [0, 0.1) is 5.41 Å². The minimum absolute atomic E-state index is 0.203. The number of nitrogens with zero attached hydrogens (tertiary/aromatic N) is 2. The van der Waals surface area contributed by atoms with Gasteiger partial charge in [0.1, 0.15) is 30.7 Å². The molecular formula is C20H32N4O+2. The molecule has 3 rings (SSSR count). The van der Waals surface area contributed by atoms with Gasteiger partial charge in [0, 0.05) is 5.41 Å². The molecule has 1 aromatic carbocycles. The maximum absolute atomic E-state index is 12.6. The third kappa shape index (κ3) is 3.87. The first kappa shape index (κ1) is 17.9. The molecule has 0 radical (unpaired) electrons. The summed E-state index contributed by atoms with van der Waals surface area (Å²) in [5, 5.41) is 0. The number of para-hydroxylation sites is 2. The Morgan fingerprint density at radius 2 is 1.88 bits per heavy atom. The standard InChI is InChI=1S/C20H30N4O/c1-20(2,3)18(25)15-24-17-10-6-5-9-16(17)23(19(24)21)14-13-22-11-7-4-8-12-22/h5-6,9-10,21H,4,7-8,11-15H2,1-3H3/p+2. The number of carbonyl (C=O) groups is 1. The average Bonchev–Trinajstić information content (AvgIpc) is 2.85. The van der Waals surface area contributed by atoms with E-state index in [0.29, 0.717) is 12.5 Å². The summed E-state index contributed by atoms with van der Waals surface area (Å²) < 4.78 is 4.17. The topological polar surface area (TPSA) is 56.3 Å². The molecule has 5 heteroatoms. The van der Waals surface area contributed by atoms with Crippen LogP contribution in [0.4, 0.5) is 5.95 Å². The van der Waals surface area contributed by atoms with Crippen molar-refractivity contribution < 1.29 is 14.3 Å². The van der Waals surface area contributed by atoms with E-state index in [1.807, 2.05) is 37.5 Å². The van der Waals surface area contributed by atoms with Gasteiger partial charge in [-0.1, -0.05) is 32.9 Å². The number of fused-ring (bicyclic) bond motifs is 1. The van der Waals surface area contributed by atoms with Gasteiger partial charge in [-0.05, 0) is 31.4 Å². The van der Waals surface area contributed by atoms with Crippen LogP contribution < -0.4 is 15.2 Å². The molecule has 1 aliphatic rings. The third-order valence-corrected chi connectivity index (χ3v) is 5.40. The normalized spacial score (nSPS) is 16.4. The number of anilines is 1. The Hall–Kier alpha value is -1.88. The molecule has 136 valence electrons. The van der Waals surface area contributed by atoms with E-state index >= 15 is 0 Å². The molecule has 0 amide bonds. The number of imidazole rings is 1. The largest absolute Gasteiger partial charge is 0.356 e. The Morgan fingerprint density at radius 1 is 1.20 bits per heavy atom. The van der Waals surface area contributed by atoms with Crippen LogP contribution in [0.5, 0.6) is 0 Å². The summed E-state index contributed by atoms with van der Waals surface area (Å²) in [4.78, 5) is 14.2. The van der Waals surface area contributed by atoms with Crippen LogP contribution >= 0.6 is 0 Å². The minimum Gasteiger partial charge on any atom is -0.332 e. The van der Waals surface area contributed by atoms with Crippen molar-refractivity contribution in [2.45, 2.75) is 53.1 Å². The molecule has 1 aliphatic heterocycles. The molecule has 5 nitrogen and oxygen atoms in total. The molecule has 0 saturated carbocycles. The van der Waals surface area contributed by atoms with Gasteiger partial charge in [-0.2, -0.15) is 0 Å². The maximum Gasteiger partial charge on any atom is 0.356 e. The Balaban J connectivity index is 1.88. The summed E-state index contributed by atoms with van der Waals surface area (Å²) in [6, 6.07) is 8.23. The van der Waals surface area contributed by atoms with Crippen LogP contribution in [-0.4, -0.2) is 30.0 Å². The van der Waals surface area contributed by atoms with Crippen LogP contribution in [0.25, 0.3) is 11.0 Å². The number of quaternary nitrogens is 1. The molecule has 1 aromatic heterocycles. The van der Waals surface area contributed by atoms with Crippen molar-refractivity contribution in [3.05, 3.63) is 24.3 Å². The molecule has 0 atom stereocenters. The van der Waals surface area contributed by atoms with Crippen LogP contribution in [0.15, 0.2) is 24.3 Å². The predicted molar refractivity (Wildman–Crippen MR) is 100 cm³/mol. The van der Waals surface area contributed by atoms with Crippen molar-refractivity contribution in [1.82, 2.24) is 4.57 Å². The molecule has 0 spiro atoms. The molecule has 3 N–H and O–H groups in total. The second-order valence-corrected chi connectivity index (χ2v) is 8.32. The van der Waals surface area contributed by atoms with Gasteiger partial charge in [0.25, 0.3) is 0 Å². The van der Waals surface area contributed by atoms with Crippen LogP contribution in [0.2, 0.25) is 0 Å². The number of benzene rings is 1. The van der Waals surface area contributed by atoms with E-state index < -0.39 is 0 Å². The van der Waals surface area contributed by atoms with E-state index in [-0.39, 0.29) is 11.2 Å². The molecule has 25 heavy (non-hydrogen) atoms. The number of nitrogens with one attached hydrogen (secondary N) is 1. The molecule has 0 unspecified atom stereocenters. The Labute approximate surface area is 150 Å². The van der Waals surface area contributed by atoms with Gasteiger partial charge in [0.15, 0.2) is 5.78 Å². The highest BCUT2D eigenvalue weighted by atomic mass is 16.1. The first-order valence-electron chi connectivity index (χ1n) is 9.51. The van der Waals surface area contributed by atoms with E-state index in [9.17, 15) is 4.79 Å². The summed E-state index contributed by atoms with van der Waals surface area (Å²) in [6.45, 7) is 10.7. The molecule has 1 fully saturated rings. The second kappa shape index (κ2) is 7.16. The fraction of sp³-hybridized carbons (Fsp3) is 0.600. The van der Waals surface area contributed by atoms with E-state index in [0.717, 1.165) is 24.1 Å². The van der Waals surface area contributed by atoms with Crippen molar-refractivity contribution in [2.75, 3.05) is 25.4 Å². The van der Waals surface area contributed by atoms with Crippen LogP contribution in [-0.2, 0) is 17.9 Å². The van der Waals surface area contributed by atoms with Gasteiger partial charge in [-0.15, -0.1) is 0 Å². The number of Topliss-reactive ketones (excluding diaryl/α,β-unsaturated/α-hetero) is 1. The number of piperidine rings is 1. The highest BCUT2D eigenvalue weighted by molar-refractivity contribution is 5.83. The molecule has 2 aromatic rings. The summed E-state index contributed by atoms with van der Waals surface area (Å²) in [7, 11) is 0. The predicted octanol–water partition coefficient (Wildman–Crippen LogP) is 1.20. The monoisotopic (exact) mass is 344 g/mol. The SMILES string of the molecule is CC(C)(C)C(=O)C[n+]1c(N)n(CC[NH+]2CCCCC2)c2ccccc21. The van der Waals surface area contributed by atoms with E-state index in [1.165, 1.54) is 32.4 Å². The lowest BCUT2D eigenvalue weighted by molar-refractivity contribution is -0.905. The number of nitrogens with two attached hydrogens (primary N) is 1. The van der Waals surface area contributed by atoms with Crippen molar-refractivity contribution in [1.29, 1.82) is 0 Å². The van der Waals surface area contributed by atoms with Gasteiger partial charge in [0.2, 0.25) is 0 Å². The van der Waals surface area contributed by atoms with Crippen molar-refractivity contribution >= 4 is 22.8 Å². The second-order valence-electron chi connectivity index (χ2n) is 8.32. The van der Waals surface area contributed by atoms with E-state index in [1.54, 1.807) is 4.90 Å². The zero-order valence-electron chi connectivity index (χ0n) is 15.8. The molecule has 0 bridgehead atoms. The van der Waals surface area contributed by atoms with Crippen molar-refractivity contribution in [2.24, 2.45) is 5.41 Å². The van der Waals surface area contributed by atoms with Gasteiger partial charge in [-0.3, -0.25) is 10.5 Å². The van der Waals surface area contributed by atoms with Crippen LogP contribution in [0.3, 0.4) is 0 Å². The maximum atomic E-state index is 12.6. The highest BCUT2D eigenvalue weighted by Gasteiger charge is 2.28. The fourth-order valence-corrected chi connectivity index (χ4v) is 3.67. The minimum atomic E-state index is -0.361. The number of nitrogen functional groups attached to an aromatic ring is 1. The Morgan fingerprint density at radius 3 is 2.56 bits per heavy atom. The quantitative estimate of drug-likeness (QED) is 0.801. The molecular weight excluding hydrogens is 312 g/mol. The fourth-order valence-electron chi connectivity index (χ4n) is 3.67. The molecule has 0 aliphatic carbocycles. The van der Waals surface area contributed by atoms with Crippen LogP contribution in [0.1, 0.15) is 40.0 Å². The van der Waals surface area contributed by atoms with Gasteiger partial charge in [-0.25, -0.2) is 9.13 Å². The lowest BCUT2D eigenvalue weighted by Gasteiger charge is -2.23. The smallest absolute Gasteiger partial charge is 0.332 e. The van der Waals surface area contributed by atoms with Gasteiger partial charge >= 0.3 is 5.95 Å². The number of hydrogen-bond donors (Lipinski definition) is 2. The number of carbonyl (C=O) groups excluding carboxylic acids is 1. The van der Waals surface area contributed by atoms with E-state index in [4.69, 9.17) is 5.73 Å². The van der Waals surface area contributed by atoms with Crippen molar-refractivity contribution in [3.63, 3.8) is 0 Å². The number of likely N-dealkylation sites (tertiary alicyclic amines) is 1. The lowest BCUT2D eigenvalue weighted by atomic mass is 9.91. The number of aromatic nitrogens is 2.